The van der Waals surface area contributed by atoms with Gasteiger partial charge in [0.25, 0.3) is 0 Å². The topological polar surface area (TPSA) is 159 Å². The number of fused-ring (bicyclic) bond motifs is 3. The number of aliphatic hydroxyl groups is 1. The minimum Gasteiger partial charge on any atom is -0.479 e. The molecule has 11 heteroatoms. The third kappa shape index (κ3) is 7.03. The van der Waals surface area contributed by atoms with Crippen LogP contribution in [0.3, 0.4) is 0 Å². The van der Waals surface area contributed by atoms with Crippen molar-refractivity contribution in [2.45, 2.75) is 30.9 Å². The minimum atomic E-state index is -3.42. The molecule has 2 amide bonds. The minimum absolute atomic E-state index is 0.0189. The summed E-state index contributed by atoms with van der Waals surface area (Å²) in [5.74, 6) is -2.68. The van der Waals surface area contributed by atoms with Crippen molar-refractivity contribution in [1.82, 2.24) is 10.6 Å². The van der Waals surface area contributed by atoms with Gasteiger partial charge in [-0.25, -0.2) is 18.0 Å². The lowest BCUT2D eigenvalue weighted by Crippen LogP contribution is -2.48. The number of benzene rings is 2. The van der Waals surface area contributed by atoms with Crippen LogP contribution in [0.15, 0.2) is 48.5 Å². The molecule has 1 aliphatic carbocycles. The molecule has 35 heavy (non-hydrogen) atoms. The molecule has 1 aliphatic rings. The zero-order valence-corrected chi connectivity index (χ0v) is 20.0. The normalized spacial score (nSPS) is 14.3. The van der Waals surface area contributed by atoms with Crippen molar-refractivity contribution in [3.8, 4) is 11.1 Å². The molecule has 0 heterocycles. The lowest BCUT2D eigenvalue weighted by Gasteiger charge is -2.20. The second kappa shape index (κ2) is 11.3. The standard InChI is InChI=1S/C24H28N2O8S/c1-35(32,33)13-11-20(22(28)25-12-10-21(27)23(29)30)26-24(31)34-14-19-17-8-4-2-6-15(17)16-7-3-5-9-18(16)19/h2-9,19-21,27H,10-14H2,1H3,(H,25,28)(H,26,31)(H,29,30). The van der Waals surface area contributed by atoms with Crippen molar-refractivity contribution in [3.05, 3.63) is 59.7 Å². The van der Waals surface area contributed by atoms with Crippen molar-refractivity contribution < 1.29 is 37.8 Å². The number of alkyl carbamates (subject to hydrolysis) is 1. The largest absolute Gasteiger partial charge is 0.479 e. The van der Waals surface area contributed by atoms with Gasteiger partial charge in [0.05, 0.1) is 5.75 Å². The summed E-state index contributed by atoms with van der Waals surface area (Å²) in [5.41, 5.74) is 4.16. The average molecular weight is 505 g/mol. The second-order valence-electron chi connectivity index (χ2n) is 8.37. The zero-order valence-electron chi connectivity index (χ0n) is 19.1. The molecule has 10 nitrogen and oxygen atoms in total. The molecule has 4 N–H and O–H groups in total. The van der Waals surface area contributed by atoms with Gasteiger partial charge in [0.2, 0.25) is 5.91 Å². The zero-order chi connectivity index (χ0) is 25.6. The van der Waals surface area contributed by atoms with Crippen molar-refractivity contribution in [1.29, 1.82) is 0 Å². The molecule has 0 bridgehead atoms. The Balaban J connectivity index is 1.63. The maximum absolute atomic E-state index is 12.6. The van der Waals surface area contributed by atoms with Crippen molar-refractivity contribution in [3.63, 3.8) is 0 Å². The van der Waals surface area contributed by atoms with Crippen LogP contribution < -0.4 is 10.6 Å². The molecule has 2 unspecified atom stereocenters. The van der Waals surface area contributed by atoms with E-state index in [0.29, 0.717) is 0 Å². The Morgan fingerprint density at radius 3 is 2.11 bits per heavy atom. The molecule has 3 rings (SSSR count). The third-order valence-electron chi connectivity index (χ3n) is 5.73. The van der Waals surface area contributed by atoms with E-state index in [4.69, 9.17) is 9.84 Å². The highest BCUT2D eigenvalue weighted by Crippen LogP contribution is 2.44. The fourth-order valence-electron chi connectivity index (χ4n) is 3.96. The maximum atomic E-state index is 12.6. The summed E-state index contributed by atoms with van der Waals surface area (Å²) in [4.78, 5) is 35.8. The molecule has 2 atom stereocenters. The summed E-state index contributed by atoms with van der Waals surface area (Å²) in [5, 5.41) is 22.9. The fraction of sp³-hybridized carbons (Fsp3) is 0.375. The van der Waals surface area contributed by atoms with Gasteiger partial charge in [-0.15, -0.1) is 0 Å². The van der Waals surface area contributed by atoms with E-state index in [2.05, 4.69) is 10.6 Å². The van der Waals surface area contributed by atoms with Crippen LogP contribution in [0.25, 0.3) is 11.1 Å². The van der Waals surface area contributed by atoms with Crippen LogP contribution >= 0.6 is 0 Å². The van der Waals surface area contributed by atoms with Crippen LogP contribution in [-0.4, -0.2) is 73.9 Å². The molecular weight excluding hydrogens is 476 g/mol. The van der Waals surface area contributed by atoms with Gasteiger partial charge in [-0.3, -0.25) is 4.79 Å². The monoisotopic (exact) mass is 504 g/mol. The number of carboxylic acid groups (broad SMARTS) is 1. The number of rotatable bonds is 11. The van der Waals surface area contributed by atoms with Crippen LogP contribution in [0.1, 0.15) is 29.9 Å². The summed E-state index contributed by atoms with van der Waals surface area (Å²) in [7, 11) is -3.42. The number of sulfone groups is 1. The van der Waals surface area contributed by atoms with Gasteiger partial charge in [0.1, 0.15) is 22.5 Å². The number of aliphatic hydroxyl groups excluding tert-OH is 1. The van der Waals surface area contributed by atoms with Gasteiger partial charge in [-0.2, -0.15) is 0 Å². The highest BCUT2D eigenvalue weighted by molar-refractivity contribution is 7.90. The number of carbonyl (C=O) groups is 3. The molecule has 0 fully saturated rings. The number of hydrogen-bond acceptors (Lipinski definition) is 7. The highest BCUT2D eigenvalue weighted by Gasteiger charge is 2.30. The first kappa shape index (κ1) is 26.2. The average Bonchev–Trinajstić information content (AvgIpc) is 3.13. The summed E-state index contributed by atoms with van der Waals surface area (Å²) in [6.45, 7) is -0.154. The van der Waals surface area contributed by atoms with E-state index >= 15 is 0 Å². The quantitative estimate of drug-likeness (QED) is 0.356. The Kier molecular flexibility index (Phi) is 8.47. The Morgan fingerprint density at radius 1 is 1.00 bits per heavy atom. The van der Waals surface area contributed by atoms with Crippen LogP contribution in [0, 0.1) is 0 Å². The number of carbonyl (C=O) groups excluding carboxylic acids is 2. The molecule has 0 spiro atoms. The second-order valence-corrected chi connectivity index (χ2v) is 10.6. The van der Waals surface area contributed by atoms with Gasteiger partial charge in [0.15, 0.2) is 6.10 Å². The van der Waals surface area contributed by atoms with E-state index < -0.39 is 40.0 Å². The van der Waals surface area contributed by atoms with E-state index in [1.807, 2.05) is 48.5 Å². The molecule has 2 aromatic carbocycles. The number of hydrogen-bond donors (Lipinski definition) is 4. The van der Waals surface area contributed by atoms with Gasteiger partial charge in [-0.1, -0.05) is 48.5 Å². The summed E-state index contributed by atoms with van der Waals surface area (Å²) in [6, 6.07) is 14.4. The molecule has 0 aliphatic heterocycles. The molecule has 188 valence electrons. The molecule has 0 saturated carbocycles. The van der Waals surface area contributed by atoms with Gasteiger partial charge < -0.3 is 25.6 Å². The van der Waals surface area contributed by atoms with E-state index in [0.717, 1.165) is 28.5 Å². The smallest absolute Gasteiger partial charge is 0.407 e. The number of amides is 2. The fourth-order valence-corrected chi connectivity index (χ4v) is 4.63. The summed E-state index contributed by atoms with van der Waals surface area (Å²) in [6.07, 6.45) is -1.97. The molecule has 2 aromatic rings. The predicted octanol–water partition coefficient (Wildman–Crippen LogP) is 1.28. The van der Waals surface area contributed by atoms with Crippen molar-refractivity contribution in [2.24, 2.45) is 0 Å². The molecule has 0 aromatic heterocycles. The van der Waals surface area contributed by atoms with Gasteiger partial charge >= 0.3 is 12.1 Å². The number of nitrogens with one attached hydrogen (secondary N) is 2. The SMILES string of the molecule is CS(=O)(=O)CCC(NC(=O)OCC1c2ccccc2-c2ccccc21)C(=O)NCCC(O)C(=O)O. The first-order chi connectivity index (χ1) is 16.6. The summed E-state index contributed by atoms with van der Waals surface area (Å²) >= 11 is 0. The number of carboxylic acids is 1. The number of aliphatic carboxylic acids is 1. The van der Waals surface area contributed by atoms with E-state index in [1.165, 1.54) is 0 Å². The Hall–Kier alpha value is -3.44. The van der Waals surface area contributed by atoms with Crippen LogP contribution in [0.5, 0.6) is 0 Å². The predicted molar refractivity (Wildman–Crippen MR) is 128 cm³/mol. The lowest BCUT2D eigenvalue weighted by molar-refractivity contribution is -0.147. The van der Waals surface area contributed by atoms with Crippen LogP contribution in [0.4, 0.5) is 4.79 Å². The lowest BCUT2D eigenvalue weighted by atomic mass is 9.98. The van der Waals surface area contributed by atoms with Crippen molar-refractivity contribution in [2.75, 3.05) is 25.2 Å². The molecule has 0 saturated heterocycles. The van der Waals surface area contributed by atoms with Gasteiger partial charge in [0, 0.05) is 25.1 Å². The highest BCUT2D eigenvalue weighted by atomic mass is 32.2. The Labute approximate surface area is 203 Å². The Bertz CT molecular complexity index is 1150. The maximum Gasteiger partial charge on any atom is 0.407 e. The van der Waals surface area contributed by atoms with Crippen LogP contribution in [0.2, 0.25) is 0 Å². The Morgan fingerprint density at radius 2 is 1.57 bits per heavy atom. The molecule has 0 radical (unpaired) electrons. The van der Waals surface area contributed by atoms with Crippen molar-refractivity contribution >= 4 is 27.8 Å². The van der Waals surface area contributed by atoms with Crippen LogP contribution in [-0.2, 0) is 24.2 Å². The van der Waals surface area contributed by atoms with E-state index in [1.54, 1.807) is 0 Å². The first-order valence-corrected chi connectivity index (χ1v) is 13.1. The number of ether oxygens (including phenoxy) is 1. The first-order valence-electron chi connectivity index (χ1n) is 11.0. The van der Waals surface area contributed by atoms with E-state index in [9.17, 15) is 27.9 Å². The summed E-state index contributed by atoms with van der Waals surface area (Å²) < 4.78 is 28.6. The van der Waals surface area contributed by atoms with Gasteiger partial charge in [-0.05, 0) is 28.7 Å². The van der Waals surface area contributed by atoms with E-state index in [-0.39, 0.29) is 37.7 Å². The third-order valence-corrected chi connectivity index (χ3v) is 6.71. The molecular formula is C24H28N2O8S.